The van der Waals surface area contributed by atoms with Crippen LogP contribution < -0.4 is 5.32 Å². The monoisotopic (exact) mass is 406 g/mol. The van der Waals surface area contributed by atoms with Crippen molar-refractivity contribution in [1.29, 1.82) is 0 Å². The predicted octanol–water partition coefficient (Wildman–Crippen LogP) is 3.95. The van der Waals surface area contributed by atoms with Gasteiger partial charge in [0, 0.05) is 29.8 Å². The topological polar surface area (TPSA) is 70.4 Å². The van der Waals surface area contributed by atoms with Crippen molar-refractivity contribution in [2.75, 3.05) is 0 Å². The van der Waals surface area contributed by atoms with Crippen LogP contribution in [0.5, 0.6) is 0 Å². The molecule has 0 radical (unpaired) electrons. The molecule has 0 unspecified atom stereocenters. The lowest BCUT2D eigenvalue weighted by molar-refractivity contribution is 0.0697. The minimum Gasteiger partial charge on any atom is -0.478 e. The van der Waals surface area contributed by atoms with Crippen LogP contribution >= 0.6 is 12.2 Å². The molecule has 3 aromatic rings. The average Bonchev–Trinajstić information content (AvgIpc) is 3.32. The zero-order valence-corrected chi connectivity index (χ0v) is 17.0. The third-order valence-corrected chi connectivity index (χ3v) is 5.50. The van der Waals surface area contributed by atoms with Crippen molar-refractivity contribution >= 4 is 23.3 Å². The Morgan fingerprint density at radius 1 is 1.14 bits per heavy atom. The zero-order chi connectivity index (χ0) is 20.5. The smallest absolute Gasteiger partial charge is 0.335 e. The van der Waals surface area contributed by atoms with Crippen LogP contribution in [0, 0.1) is 0 Å². The maximum Gasteiger partial charge on any atom is 0.335 e. The number of benzene rings is 1. The number of thiocarbonyl (C=S) groups is 1. The van der Waals surface area contributed by atoms with Gasteiger partial charge in [-0.3, -0.25) is 4.98 Å². The van der Waals surface area contributed by atoms with Gasteiger partial charge in [0.1, 0.15) is 0 Å². The van der Waals surface area contributed by atoms with Gasteiger partial charge in [0.15, 0.2) is 5.11 Å². The van der Waals surface area contributed by atoms with E-state index in [1.54, 1.807) is 18.3 Å². The Bertz CT molecular complexity index is 1030. The summed E-state index contributed by atoms with van der Waals surface area (Å²) in [5, 5.41) is 13.3. The highest BCUT2D eigenvalue weighted by Crippen LogP contribution is 2.40. The van der Waals surface area contributed by atoms with E-state index in [1.807, 2.05) is 42.6 Å². The van der Waals surface area contributed by atoms with E-state index in [0.29, 0.717) is 5.11 Å². The number of carbonyl (C=O) groups is 1. The van der Waals surface area contributed by atoms with Crippen LogP contribution in [0.4, 0.5) is 0 Å². The van der Waals surface area contributed by atoms with Crippen molar-refractivity contribution in [2.24, 2.45) is 0 Å². The molecule has 7 heteroatoms. The van der Waals surface area contributed by atoms with Gasteiger partial charge in [0.2, 0.25) is 0 Å². The highest BCUT2D eigenvalue weighted by molar-refractivity contribution is 7.80. The van der Waals surface area contributed by atoms with Crippen LogP contribution in [-0.2, 0) is 0 Å². The zero-order valence-electron chi connectivity index (χ0n) is 16.2. The summed E-state index contributed by atoms with van der Waals surface area (Å²) in [4.78, 5) is 17.9. The number of carboxylic acid groups (broad SMARTS) is 1. The van der Waals surface area contributed by atoms with Crippen molar-refractivity contribution in [3.05, 3.63) is 83.9 Å². The van der Waals surface area contributed by atoms with Gasteiger partial charge in [-0.25, -0.2) is 4.79 Å². The lowest BCUT2D eigenvalue weighted by Gasteiger charge is -2.31. The summed E-state index contributed by atoms with van der Waals surface area (Å²) in [5.41, 5.74) is 3.15. The Kier molecular flexibility index (Phi) is 5.07. The third kappa shape index (κ3) is 3.49. The molecule has 6 nitrogen and oxygen atoms in total. The van der Waals surface area contributed by atoms with Crippen molar-refractivity contribution in [3.63, 3.8) is 0 Å². The van der Waals surface area contributed by atoms with Crippen LogP contribution in [0.3, 0.4) is 0 Å². The van der Waals surface area contributed by atoms with Crippen molar-refractivity contribution in [2.45, 2.75) is 32.0 Å². The second kappa shape index (κ2) is 7.67. The number of nitrogens with one attached hydrogen (secondary N) is 1. The van der Waals surface area contributed by atoms with Gasteiger partial charge in [0.05, 0.1) is 23.3 Å². The van der Waals surface area contributed by atoms with Gasteiger partial charge in [-0.05, 0) is 74.6 Å². The fraction of sp³-hybridized carbons (Fsp3) is 0.227. The average molecular weight is 407 g/mol. The lowest BCUT2D eigenvalue weighted by atomic mass is 10.0. The first-order valence-corrected chi connectivity index (χ1v) is 9.89. The van der Waals surface area contributed by atoms with Crippen LogP contribution in [-0.4, -0.2) is 36.7 Å². The molecule has 0 aliphatic carbocycles. The second-order valence-corrected chi connectivity index (χ2v) is 7.67. The van der Waals surface area contributed by atoms with E-state index in [-0.39, 0.29) is 23.7 Å². The molecule has 3 heterocycles. The molecule has 0 saturated carbocycles. The molecule has 0 spiro atoms. The number of carboxylic acids is 1. The molecule has 0 amide bonds. The molecule has 1 aliphatic rings. The molecule has 4 rings (SSSR count). The number of aromatic nitrogens is 2. The SMILES string of the molecule is CC(C)N1C(=S)N[C@H](c2ccccn2)[C@@H]1c1cccn1-c1ccc(C(=O)O)cc1. The van der Waals surface area contributed by atoms with E-state index in [9.17, 15) is 9.90 Å². The van der Waals surface area contributed by atoms with Crippen LogP contribution in [0.25, 0.3) is 5.69 Å². The number of hydrogen-bond donors (Lipinski definition) is 2. The summed E-state index contributed by atoms with van der Waals surface area (Å²) >= 11 is 5.66. The van der Waals surface area contributed by atoms with Gasteiger partial charge >= 0.3 is 5.97 Å². The maximum atomic E-state index is 11.2. The maximum absolute atomic E-state index is 11.2. The summed E-state index contributed by atoms with van der Waals surface area (Å²) < 4.78 is 2.08. The highest BCUT2D eigenvalue weighted by atomic mass is 32.1. The molecule has 1 fully saturated rings. The Morgan fingerprint density at radius 3 is 2.52 bits per heavy atom. The van der Waals surface area contributed by atoms with Crippen molar-refractivity contribution in [3.8, 4) is 5.69 Å². The largest absolute Gasteiger partial charge is 0.478 e. The normalized spacial score (nSPS) is 18.9. The molecule has 29 heavy (non-hydrogen) atoms. The van der Waals surface area contributed by atoms with Crippen LogP contribution in [0.2, 0.25) is 0 Å². The van der Waals surface area contributed by atoms with E-state index in [0.717, 1.165) is 17.1 Å². The van der Waals surface area contributed by atoms with Gasteiger partial charge in [-0.2, -0.15) is 0 Å². The molecule has 1 saturated heterocycles. The molecular formula is C22H22N4O2S. The first-order valence-electron chi connectivity index (χ1n) is 9.48. The fourth-order valence-corrected chi connectivity index (χ4v) is 4.32. The van der Waals surface area contributed by atoms with Crippen LogP contribution in [0.1, 0.15) is 47.7 Å². The molecule has 1 aromatic carbocycles. The van der Waals surface area contributed by atoms with Gasteiger partial charge < -0.3 is 19.9 Å². The number of nitrogens with zero attached hydrogens (tertiary/aromatic N) is 3. The van der Waals surface area contributed by atoms with Gasteiger partial charge in [0.25, 0.3) is 0 Å². The molecule has 1 aliphatic heterocycles. The quantitative estimate of drug-likeness (QED) is 0.625. The third-order valence-electron chi connectivity index (χ3n) is 5.17. The van der Waals surface area contributed by atoms with E-state index < -0.39 is 5.97 Å². The summed E-state index contributed by atoms with van der Waals surface area (Å²) in [5.74, 6) is -0.934. The van der Waals surface area contributed by atoms with E-state index >= 15 is 0 Å². The lowest BCUT2D eigenvalue weighted by Crippen LogP contribution is -2.36. The Balaban J connectivity index is 1.80. The summed E-state index contributed by atoms with van der Waals surface area (Å²) in [6.45, 7) is 4.24. The Labute approximate surface area is 174 Å². The molecular weight excluding hydrogens is 384 g/mol. The first kappa shape index (κ1) is 19.1. The van der Waals surface area contributed by atoms with E-state index in [1.165, 1.54) is 0 Å². The number of rotatable bonds is 5. The van der Waals surface area contributed by atoms with E-state index in [2.05, 4.69) is 39.7 Å². The summed E-state index contributed by atoms with van der Waals surface area (Å²) in [7, 11) is 0. The molecule has 148 valence electrons. The van der Waals surface area contributed by atoms with Gasteiger partial charge in [-0.1, -0.05) is 6.07 Å². The summed E-state index contributed by atoms with van der Waals surface area (Å²) in [6, 6.07) is 16.9. The summed E-state index contributed by atoms with van der Waals surface area (Å²) in [6.07, 6.45) is 3.78. The Morgan fingerprint density at radius 2 is 1.90 bits per heavy atom. The standard InChI is InChI=1S/C22H22N4O2S/c1-14(2)26-20(19(24-22(26)29)17-6-3-4-12-23-17)18-7-5-13-25(18)16-10-8-15(9-11-16)21(27)28/h3-14,19-20H,1-2H3,(H,24,29)(H,27,28)/t19-,20+/m1/s1. The highest BCUT2D eigenvalue weighted by Gasteiger charge is 2.42. The second-order valence-electron chi connectivity index (χ2n) is 7.28. The predicted molar refractivity (Wildman–Crippen MR) is 115 cm³/mol. The number of aromatic carboxylic acids is 1. The van der Waals surface area contributed by atoms with Crippen molar-refractivity contribution in [1.82, 2.24) is 19.8 Å². The van der Waals surface area contributed by atoms with E-state index in [4.69, 9.17) is 12.2 Å². The molecule has 2 N–H and O–H groups in total. The van der Waals surface area contributed by atoms with Crippen LogP contribution in [0.15, 0.2) is 67.0 Å². The first-order chi connectivity index (χ1) is 14.0. The Hall–Kier alpha value is -3.19. The minimum atomic E-state index is -0.934. The minimum absolute atomic E-state index is 0.0495. The molecule has 2 atom stereocenters. The molecule has 0 bridgehead atoms. The number of pyridine rings is 1. The van der Waals surface area contributed by atoms with Crippen molar-refractivity contribution < 1.29 is 9.90 Å². The van der Waals surface area contributed by atoms with Gasteiger partial charge in [-0.15, -0.1) is 0 Å². The fourth-order valence-electron chi connectivity index (χ4n) is 3.87. The number of hydrogen-bond acceptors (Lipinski definition) is 3. The molecule has 2 aromatic heterocycles.